The van der Waals surface area contributed by atoms with Gasteiger partial charge in [-0.25, -0.2) is 0 Å². The number of oxazole rings is 1. The van der Waals surface area contributed by atoms with Crippen molar-refractivity contribution in [2.75, 3.05) is 25.3 Å². The number of anilines is 1. The monoisotopic (exact) mass is 220 g/mol. The molecule has 0 radical (unpaired) electrons. The van der Waals surface area contributed by atoms with Gasteiger partial charge in [0.2, 0.25) is 0 Å². The van der Waals surface area contributed by atoms with E-state index in [1.807, 2.05) is 24.3 Å². The highest BCUT2D eigenvalue weighted by atomic mass is 16.7. The summed E-state index contributed by atoms with van der Waals surface area (Å²) < 4.78 is 15.9. The van der Waals surface area contributed by atoms with Crippen molar-refractivity contribution in [2.45, 2.75) is 6.10 Å². The van der Waals surface area contributed by atoms with Gasteiger partial charge in [0.15, 0.2) is 5.58 Å². The van der Waals surface area contributed by atoms with Crippen molar-refractivity contribution >= 4 is 17.1 Å². The molecule has 1 fully saturated rings. The van der Waals surface area contributed by atoms with Crippen LogP contribution in [-0.4, -0.2) is 31.0 Å². The van der Waals surface area contributed by atoms with Crippen molar-refractivity contribution in [2.24, 2.45) is 0 Å². The largest absolute Gasteiger partial charge is 0.424 e. The molecule has 16 heavy (non-hydrogen) atoms. The lowest BCUT2D eigenvalue weighted by Gasteiger charge is -2.06. The van der Waals surface area contributed by atoms with Crippen LogP contribution < -0.4 is 5.32 Å². The molecule has 5 heteroatoms. The van der Waals surface area contributed by atoms with E-state index in [1.165, 1.54) is 0 Å². The summed E-state index contributed by atoms with van der Waals surface area (Å²) in [5.41, 5.74) is 1.64. The van der Waals surface area contributed by atoms with E-state index in [1.54, 1.807) is 0 Å². The number of para-hydroxylation sites is 2. The van der Waals surface area contributed by atoms with Gasteiger partial charge in [-0.05, 0) is 12.1 Å². The van der Waals surface area contributed by atoms with Crippen molar-refractivity contribution in [3.8, 4) is 0 Å². The lowest BCUT2D eigenvalue weighted by Crippen LogP contribution is -2.21. The summed E-state index contributed by atoms with van der Waals surface area (Å²) in [5.74, 6) is 0. The number of nitrogens with zero attached hydrogens (tertiary/aromatic N) is 1. The van der Waals surface area contributed by atoms with Crippen LogP contribution in [0.2, 0.25) is 0 Å². The highest BCUT2D eigenvalue weighted by Crippen LogP contribution is 2.18. The van der Waals surface area contributed by atoms with Gasteiger partial charge in [0.25, 0.3) is 6.01 Å². The van der Waals surface area contributed by atoms with E-state index in [9.17, 15) is 0 Å². The summed E-state index contributed by atoms with van der Waals surface area (Å²) in [6, 6.07) is 8.19. The Balaban J connectivity index is 1.69. The predicted octanol–water partition coefficient (Wildman–Crippen LogP) is 1.61. The molecule has 1 aliphatic heterocycles. The van der Waals surface area contributed by atoms with Gasteiger partial charge in [-0.1, -0.05) is 12.1 Å². The quantitative estimate of drug-likeness (QED) is 0.851. The maximum atomic E-state index is 5.51. The molecule has 0 unspecified atom stereocenters. The molecule has 84 valence electrons. The highest BCUT2D eigenvalue weighted by molar-refractivity contribution is 5.74. The molecule has 2 aromatic rings. The smallest absolute Gasteiger partial charge is 0.295 e. The van der Waals surface area contributed by atoms with Gasteiger partial charge >= 0.3 is 0 Å². The second-order valence-corrected chi connectivity index (χ2v) is 3.64. The van der Waals surface area contributed by atoms with Crippen molar-refractivity contribution < 1.29 is 13.9 Å². The average molecular weight is 220 g/mol. The first-order chi connectivity index (χ1) is 7.92. The summed E-state index contributed by atoms with van der Waals surface area (Å²) in [7, 11) is 0. The van der Waals surface area contributed by atoms with Gasteiger partial charge in [0.05, 0.1) is 6.61 Å². The minimum Gasteiger partial charge on any atom is -0.424 e. The van der Waals surface area contributed by atoms with Gasteiger partial charge in [-0.2, -0.15) is 4.98 Å². The first-order valence-electron chi connectivity index (χ1n) is 5.20. The zero-order valence-electron chi connectivity index (χ0n) is 8.68. The van der Waals surface area contributed by atoms with Gasteiger partial charge in [-0.15, -0.1) is 0 Å². The molecule has 3 rings (SSSR count). The number of hydrogen-bond acceptors (Lipinski definition) is 5. The molecule has 1 N–H and O–H groups in total. The highest BCUT2D eigenvalue weighted by Gasteiger charge is 2.16. The molecule has 1 aromatic heterocycles. The molecule has 0 bridgehead atoms. The second kappa shape index (κ2) is 4.11. The van der Waals surface area contributed by atoms with Crippen molar-refractivity contribution in [3.05, 3.63) is 24.3 Å². The van der Waals surface area contributed by atoms with Crippen LogP contribution in [0.4, 0.5) is 6.01 Å². The van der Waals surface area contributed by atoms with E-state index < -0.39 is 0 Å². The van der Waals surface area contributed by atoms with Crippen LogP contribution in [0, 0.1) is 0 Å². The van der Waals surface area contributed by atoms with Crippen LogP contribution in [0.1, 0.15) is 0 Å². The van der Waals surface area contributed by atoms with Crippen LogP contribution in [0.15, 0.2) is 28.7 Å². The van der Waals surface area contributed by atoms with Crippen LogP contribution in [0.25, 0.3) is 11.1 Å². The fraction of sp³-hybridized carbons (Fsp3) is 0.364. The third kappa shape index (κ3) is 1.87. The predicted molar refractivity (Wildman–Crippen MR) is 58.2 cm³/mol. The Labute approximate surface area is 92.4 Å². The number of hydrogen-bond donors (Lipinski definition) is 1. The Morgan fingerprint density at radius 2 is 2.31 bits per heavy atom. The van der Waals surface area contributed by atoms with Crippen molar-refractivity contribution in [1.82, 2.24) is 4.98 Å². The van der Waals surface area contributed by atoms with E-state index in [4.69, 9.17) is 13.9 Å². The number of fused-ring (bicyclic) bond motifs is 1. The molecule has 1 atom stereocenters. The summed E-state index contributed by atoms with van der Waals surface area (Å²) in [5, 5.41) is 3.09. The number of benzene rings is 1. The van der Waals surface area contributed by atoms with E-state index in [2.05, 4.69) is 10.3 Å². The molecule has 1 aliphatic rings. The Kier molecular flexibility index (Phi) is 2.47. The molecule has 0 aliphatic carbocycles. The molecular weight excluding hydrogens is 208 g/mol. The fourth-order valence-electron chi connectivity index (χ4n) is 1.64. The summed E-state index contributed by atoms with van der Waals surface area (Å²) in [4.78, 5) is 4.30. The Hall–Kier alpha value is -1.59. The lowest BCUT2D eigenvalue weighted by atomic mass is 10.3. The van der Waals surface area contributed by atoms with E-state index >= 15 is 0 Å². The molecule has 2 heterocycles. The first kappa shape index (κ1) is 9.62. The zero-order chi connectivity index (χ0) is 10.8. The zero-order valence-corrected chi connectivity index (χ0v) is 8.68. The molecule has 0 saturated carbocycles. The maximum Gasteiger partial charge on any atom is 0.295 e. The molecule has 1 aromatic carbocycles. The SMILES string of the molecule is c1ccc2oc(NC[C@H]3COCO3)nc2c1. The van der Waals surface area contributed by atoms with Crippen LogP contribution in [-0.2, 0) is 9.47 Å². The van der Waals surface area contributed by atoms with Gasteiger partial charge < -0.3 is 19.2 Å². The summed E-state index contributed by atoms with van der Waals surface area (Å²) in [6.45, 7) is 1.64. The second-order valence-electron chi connectivity index (χ2n) is 3.64. The van der Waals surface area contributed by atoms with E-state index in [-0.39, 0.29) is 6.10 Å². The Bertz CT molecular complexity index is 444. The molecular formula is C11H12N2O3. The normalized spacial score (nSPS) is 20.4. The number of nitrogens with one attached hydrogen (secondary N) is 1. The van der Waals surface area contributed by atoms with Gasteiger partial charge in [-0.3, -0.25) is 0 Å². The number of aromatic nitrogens is 1. The summed E-state index contributed by atoms with van der Waals surface area (Å²) >= 11 is 0. The topological polar surface area (TPSA) is 56.5 Å². The van der Waals surface area contributed by atoms with E-state index in [0.717, 1.165) is 11.1 Å². The standard InChI is InChI=1S/C11H12N2O3/c1-2-4-10-9(3-1)13-11(16-10)12-5-8-6-14-7-15-8/h1-4,8H,5-7H2,(H,12,13)/t8-/m0/s1. The minimum atomic E-state index is 0.0787. The third-order valence-electron chi connectivity index (χ3n) is 2.47. The third-order valence-corrected chi connectivity index (χ3v) is 2.47. The number of rotatable bonds is 3. The number of ether oxygens (including phenoxy) is 2. The minimum absolute atomic E-state index is 0.0787. The van der Waals surface area contributed by atoms with Gasteiger partial charge in [0, 0.05) is 6.54 Å². The average Bonchev–Trinajstić information content (AvgIpc) is 2.95. The molecule has 5 nitrogen and oxygen atoms in total. The van der Waals surface area contributed by atoms with E-state index in [0.29, 0.717) is 26.0 Å². The first-order valence-corrected chi connectivity index (χ1v) is 5.20. The Morgan fingerprint density at radius 3 is 3.12 bits per heavy atom. The van der Waals surface area contributed by atoms with Gasteiger partial charge in [0.1, 0.15) is 18.4 Å². The Morgan fingerprint density at radius 1 is 1.38 bits per heavy atom. The molecule has 1 saturated heterocycles. The summed E-state index contributed by atoms with van der Waals surface area (Å²) in [6.07, 6.45) is 0.0787. The van der Waals surface area contributed by atoms with Crippen molar-refractivity contribution in [3.63, 3.8) is 0 Å². The van der Waals surface area contributed by atoms with Crippen LogP contribution >= 0.6 is 0 Å². The van der Waals surface area contributed by atoms with Crippen LogP contribution in [0.3, 0.4) is 0 Å². The lowest BCUT2D eigenvalue weighted by molar-refractivity contribution is 0.0499. The maximum absolute atomic E-state index is 5.51. The molecule has 0 spiro atoms. The van der Waals surface area contributed by atoms with Crippen LogP contribution in [0.5, 0.6) is 0 Å². The molecule has 0 amide bonds. The fourth-order valence-corrected chi connectivity index (χ4v) is 1.64. The van der Waals surface area contributed by atoms with Crippen molar-refractivity contribution in [1.29, 1.82) is 0 Å².